The quantitative estimate of drug-likeness (QED) is 0.214. The first-order valence-electron chi connectivity index (χ1n) is 12.0. The topological polar surface area (TPSA) is 61.8 Å². The van der Waals surface area contributed by atoms with Crippen molar-refractivity contribution in [3.8, 4) is 17.2 Å². The van der Waals surface area contributed by atoms with Crippen molar-refractivity contribution in [2.75, 3.05) is 7.11 Å². The smallest absolute Gasteiger partial charge is 0.344 e. The van der Waals surface area contributed by atoms with Gasteiger partial charge in [0.1, 0.15) is 17.2 Å². The van der Waals surface area contributed by atoms with Crippen LogP contribution in [-0.4, -0.2) is 19.0 Å². The van der Waals surface area contributed by atoms with Crippen molar-refractivity contribution < 1.29 is 23.8 Å². The maximum Gasteiger partial charge on any atom is 0.344 e. The third-order valence-electron chi connectivity index (χ3n) is 7.11. The van der Waals surface area contributed by atoms with Gasteiger partial charge in [-0.05, 0) is 65.2 Å². The van der Waals surface area contributed by atoms with E-state index in [4.69, 9.17) is 14.2 Å². The van der Waals surface area contributed by atoms with Gasteiger partial charge in [-0.15, -0.1) is 0 Å². The first-order valence-corrected chi connectivity index (χ1v) is 12.0. The van der Waals surface area contributed by atoms with E-state index in [2.05, 4.69) is 0 Å². The SMILES string of the molecule is COc1ccc(C2=c3ccc4cc5c6c(ccc5cc4c3OC2=O)=C(c2ccc(C)cc2)C(=O)O6)cc1. The fraction of sp³-hybridized carbons (Fsp3) is 0.0625. The molecule has 0 N–H and O–H groups in total. The predicted octanol–water partition coefficient (Wildman–Crippen LogP) is 4.55. The Morgan fingerprint density at radius 2 is 1.05 bits per heavy atom. The lowest BCUT2D eigenvalue weighted by molar-refractivity contribution is -0.128. The molecule has 37 heavy (non-hydrogen) atoms. The summed E-state index contributed by atoms with van der Waals surface area (Å²) in [6.07, 6.45) is 0. The first kappa shape index (κ1) is 21.4. The highest BCUT2D eigenvalue weighted by Crippen LogP contribution is 2.36. The first-order chi connectivity index (χ1) is 18.0. The van der Waals surface area contributed by atoms with E-state index in [-0.39, 0.29) is 11.9 Å². The van der Waals surface area contributed by atoms with Crippen LogP contribution in [-0.2, 0) is 9.59 Å². The largest absolute Gasteiger partial charge is 0.497 e. The van der Waals surface area contributed by atoms with E-state index in [1.807, 2.05) is 91.9 Å². The van der Waals surface area contributed by atoms with Crippen molar-refractivity contribution >= 4 is 44.6 Å². The second-order valence-corrected chi connectivity index (χ2v) is 9.30. The number of carbonyl (C=O) groups excluding carboxylic acids is 2. The molecule has 0 saturated carbocycles. The number of aryl methyl sites for hydroxylation is 1. The Bertz CT molecular complexity index is 1930. The summed E-state index contributed by atoms with van der Waals surface area (Å²) in [4.78, 5) is 25.8. The van der Waals surface area contributed by atoms with Crippen LogP contribution >= 0.6 is 0 Å². The summed E-state index contributed by atoms with van der Waals surface area (Å²) in [6.45, 7) is 2.01. The molecule has 0 fully saturated rings. The maximum absolute atomic E-state index is 12.9. The number of benzene rings is 5. The van der Waals surface area contributed by atoms with E-state index in [9.17, 15) is 9.59 Å². The number of carbonyl (C=O) groups is 2. The molecule has 0 unspecified atom stereocenters. The highest BCUT2D eigenvalue weighted by molar-refractivity contribution is 6.22. The number of hydrogen-bond acceptors (Lipinski definition) is 5. The van der Waals surface area contributed by atoms with Crippen LogP contribution in [0.1, 0.15) is 16.7 Å². The highest BCUT2D eigenvalue weighted by atomic mass is 16.5. The number of methoxy groups -OCH3 is 1. The van der Waals surface area contributed by atoms with E-state index in [1.165, 1.54) is 0 Å². The third kappa shape index (κ3) is 3.17. The molecule has 5 aromatic carbocycles. The van der Waals surface area contributed by atoms with Gasteiger partial charge >= 0.3 is 11.9 Å². The molecule has 0 aliphatic carbocycles. The molecule has 0 aromatic heterocycles. The molecule has 2 heterocycles. The van der Waals surface area contributed by atoms with E-state index in [0.29, 0.717) is 22.6 Å². The Kier molecular flexibility index (Phi) is 4.51. The second-order valence-electron chi connectivity index (χ2n) is 9.30. The molecule has 178 valence electrons. The van der Waals surface area contributed by atoms with Crippen LogP contribution in [0.4, 0.5) is 0 Å². The molecule has 7 rings (SSSR count). The van der Waals surface area contributed by atoms with Gasteiger partial charge in [-0.3, -0.25) is 0 Å². The average Bonchev–Trinajstić information content (AvgIpc) is 3.44. The van der Waals surface area contributed by atoms with Gasteiger partial charge in [0, 0.05) is 21.2 Å². The van der Waals surface area contributed by atoms with Crippen molar-refractivity contribution in [2.24, 2.45) is 0 Å². The molecule has 5 aromatic rings. The lowest BCUT2D eigenvalue weighted by atomic mass is 9.97. The number of fused-ring (bicyclic) bond motifs is 6. The van der Waals surface area contributed by atoms with Crippen LogP contribution in [0, 0.1) is 6.92 Å². The summed E-state index contributed by atoms with van der Waals surface area (Å²) in [6, 6.07) is 27.0. The molecule has 2 aliphatic rings. The molecule has 5 nitrogen and oxygen atoms in total. The van der Waals surface area contributed by atoms with Gasteiger partial charge < -0.3 is 14.2 Å². The highest BCUT2D eigenvalue weighted by Gasteiger charge is 2.28. The zero-order valence-electron chi connectivity index (χ0n) is 20.1. The molecule has 0 spiro atoms. The number of rotatable bonds is 3. The van der Waals surface area contributed by atoms with E-state index in [1.54, 1.807) is 7.11 Å². The fourth-order valence-corrected chi connectivity index (χ4v) is 5.24. The zero-order valence-corrected chi connectivity index (χ0v) is 20.1. The summed E-state index contributed by atoms with van der Waals surface area (Å²) in [5.41, 5.74) is 3.83. The Morgan fingerprint density at radius 1 is 0.595 bits per heavy atom. The Hall–Kier alpha value is -4.90. The van der Waals surface area contributed by atoms with Crippen LogP contribution in [0.3, 0.4) is 0 Å². The molecule has 0 bridgehead atoms. The van der Waals surface area contributed by atoms with Crippen LogP contribution in [0.25, 0.3) is 32.7 Å². The molecule has 2 aliphatic heterocycles. The zero-order chi connectivity index (χ0) is 25.3. The molecular weight excluding hydrogens is 464 g/mol. The van der Waals surface area contributed by atoms with Gasteiger partial charge in [-0.2, -0.15) is 0 Å². The lowest BCUT2D eigenvalue weighted by Gasteiger charge is -2.07. The Morgan fingerprint density at radius 3 is 1.51 bits per heavy atom. The van der Waals surface area contributed by atoms with Gasteiger partial charge in [-0.25, -0.2) is 9.59 Å². The van der Waals surface area contributed by atoms with E-state index < -0.39 is 0 Å². The summed E-state index contributed by atoms with van der Waals surface area (Å²) >= 11 is 0. The van der Waals surface area contributed by atoms with E-state index >= 15 is 0 Å². The van der Waals surface area contributed by atoms with Gasteiger partial charge in [0.15, 0.2) is 0 Å². The summed E-state index contributed by atoms with van der Waals surface area (Å²) < 4.78 is 16.8. The molecule has 0 radical (unpaired) electrons. The lowest BCUT2D eigenvalue weighted by Crippen LogP contribution is -2.07. The number of hydrogen-bond donors (Lipinski definition) is 0. The third-order valence-corrected chi connectivity index (χ3v) is 7.11. The van der Waals surface area contributed by atoms with Crippen LogP contribution in [0.5, 0.6) is 17.2 Å². The maximum atomic E-state index is 12.9. The van der Waals surface area contributed by atoms with E-state index in [0.717, 1.165) is 54.4 Å². The van der Waals surface area contributed by atoms with Gasteiger partial charge in [0.2, 0.25) is 0 Å². The monoisotopic (exact) mass is 484 g/mol. The average molecular weight is 485 g/mol. The summed E-state index contributed by atoms with van der Waals surface area (Å²) in [7, 11) is 1.61. The minimum Gasteiger partial charge on any atom is -0.497 e. The van der Waals surface area contributed by atoms with Crippen molar-refractivity contribution in [3.05, 3.63) is 112 Å². The predicted molar refractivity (Wildman–Crippen MR) is 141 cm³/mol. The molecular formula is C32H20O5. The Labute approximate surface area is 211 Å². The molecule has 0 amide bonds. The minimum atomic E-state index is -0.381. The molecule has 0 atom stereocenters. The number of esters is 2. The van der Waals surface area contributed by atoms with Gasteiger partial charge in [-0.1, -0.05) is 54.1 Å². The standard InChI is InChI=1S/C32H20O5/c1-17-3-5-18(6-4-17)27-23-13-9-20-16-26-21(15-25(20)29(23)36-31(27)33)10-14-24-28(32(34)37-30(24)26)19-7-11-22(35-2)12-8-19/h3-16H,1-2H3. The molecule has 0 saturated heterocycles. The fourth-order valence-electron chi connectivity index (χ4n) is 5.24. The van der Waals surface area contributed by atoms with Crippen LogP contribution in [0.2, 0.25) is 0 Å². The van der Waals surface area contributed by atoms with Gasteiger partial charge in [0.05, 0.1) is 18.3 Å². The van der Waals surface area contributed by atoms with Gasteiger partial charge in [0.25, 0.3) is 0 Å². The minimum absolute atomic E-state index is 0.354. The summed E-state index contributed by atoms with van der Waals surface area (Å²) in [5.74, 6) is 1.08. The second kappa shape index (κ2) is 7.80. The van der Waals surface area contributed by atoms with Crippen molar-refractivity contribution in [3.63, 3.8) is 0 Å². The normalized spacial score (nSPS) is 14.1. The van der Waals surface area contributed by atoms with Crippen LogP contribution in [0.15, 0.2) is 84.9 Å². The van der Waals surface area contributed by atoms with Crippen molar-refractivity contribution in [2.45, 2.75) is 6.92 Å². The summed E-state index contributed by atoms with van der Waals surface area (Å²) in [5, 5.41) is 4.99. The van der Waals surface area contributed by atoms with Crippen molar-refractivity contribution in [1.82, 2.24) is 0 Å². The molecule has 5 heteroatoms. The van der Waals surface area contributed by atoms with Crippen molar-refractivity contribution in [1.29, 1.82) is 0 Å². The Balaban J connectivity index is 1.44. The van der Waals surface area contributed by atoms with Crippen LogP contribution < -0.4 is 24.6 Å². The number of ether oxygens (including phenoxy) is 3.